The van der Waals surface area contributed by atoms with Gasteiger partial charge >= 0.3 is 17.9 Å². The normalized spacial score (nSPS) is 18.1. The van der Waals surface area contributed by atoms with Crippen LogP contribution in [0.1, 0.15) is 32.3 Å². The lowest BCUT2D eigenvalue weighted by Gasteiger charge is -2.25. The van der Waals surface area contributed by atoms with Crippen LogP contribution < -0.4 is 4.74 Å². The van der Waals surface area contributed by atoms with Crippen molar-refractivity contribution in [3.63, 3.8) is 0 Å². The number of hydroxylamine groups is 2. The Kier molecular flexibility index (Phi) is 6.97. The Labute approximate surface area is 151 Å². The molecule has 26 heavy (non-hydrogen) atoms. The first-order chi connectivity index (χ1) is 12.4. The number of hydrogen-bond donors (Lipinski definition) is 0. The minimum Gasteiger partial charge on any atom is -0.497 e. The van der Waals surface area contributed by atoms with Crippen molar-refractivity contribution >= 4 is 17.9 Å². The summed E-state index contributed by atoms with van der Waals surface area (Å²) in [6.07, 6.45) is -0.155. The Hall–Kier alpha value is -2.61. The number of nitrogens with zero attached hydrogens (tertiary/aromatic N) is 1. The lowest BCUT2D eigenvalue weighted by molar-refractivity contribution is -0.181. The third-order valence-electron chi connectivity index (χ3n) is 3.87. The van der Waals surface area contributed by atoms with E-state index in [9.17, 15) is 14.4 Å². The van der Waals surface area contributed by atoms with Crippen LogP contribution >= 0.6 is 0 Å². The predicted octanol–water partition coefficient (Wildman–Crippen LogP) is 1.61. The minimum atomic E-state index is -0.644. The van der Waals surface area contributed by atoms with E-state index >= 15 is 0 Å². The van der Waals surface area contributed by atoms with Gasteiger partial charge in [0.2, 0.25) is 0 Å². The third-order valence-corrected chi connectivity index (χ3v) is 3.87. The summed E-state index contributed by atoms with van der Waals surface area (Å²) in [5.74, 6) is -0.553. The van der Waals surface area contributed by atoms with Crippen molar-refractivity contribution < 1.29 is 33.4 Å². The van der Waals surface area contributed by atoms with Crippen molar-refractivity contribution in [2.24, 2.45) is 0 Å². The predicted molar refractivity (Wildman–Crippen MR) is 89.8 cm³/mol. The summed E-state index contributed by atoms with van der Waals surface area (Å²) >= 11 is 0. The van der Waals surface area contributed by atoms with E-state index in [1.165, 1.54) is 13.8 Å². The molecule has 1 saturated heterocycles. The van der Waals surface area contributed by atoms with E-state index in [2.05, 4.69) is 0 Å². The Morgan fingerprint density at radius 1 is 1.23 bits per heavy atom. The zero-order valence-electron chi connectivity index (χ0n) is 15.1. The Balaban J connectivity index is 2.02. The second kappa shape index (κ2) is 9.19. The number of rotatable bonds is 8. The highest BCUT2D eigenvalue weighted by Crippen LogP contribution is 2.24. The molecule has 0 amide bonds. The molecule has 142 valence electrons. The molecule has 1 aliphatic heterocycles. The number of methoxy groups -OCH3 is 1. The van der Waals surface area contributed by atoms with E-state index < -0.39 is 18.0 Å². The van der Waals surface area contributed by atoms with E-state index in [0.29, 0.717) is 13.0 Å². The van der Waals surface area contributed by atoms with E-state index in [0.717, 1.165) is 11.3 Å². The SMILES string of the molecule is COc1ccc(CN2OC(=O)C[C@H]2C[C@@H](COC(C)=O)OC(C)=O)cc1. The molecule has 0 N–H and O–H groups in total. The summed E-state index contributed by atoms with van der Waals surface area (Å²) in [7, 11) is 1.59. The van der Waals surface area contributed by atoms with Crippen molar-refractivity contribution in [1.29, 1.82) is 0 Å². The molecule has 0 unspecified atom stereocenters. The topological polar surface area (TPSA) is 91.4 Å². The van der Waals surface area contributed by atoms with Crippen LogP contribution in [0.25, 0.3) is 0 Å². The second-order valence-corrected chi connectivity index (χ2v) is 6.01. The quantitative estimate of drug-likeness (QED) is 0.642. The van der Waals surface area contributed by atoms with Crippen LogP contribution in [-0.2, 0) is 35.2 Å². The molecule has 0 aromatic heterocycles. The summed E-state index contributed by atoms with van der Waals surface area (Å²) in [6, 6.07) is 7.12. The van der Waals surface area contributed by atoms with Crippen LogP contribution in [0, 0.1) is 0 Å². The van der Waals surface area contributed by atoms with Gasteiger partial charge in [-0.1, -0.05) is 12.1 Å². The molecular weight excluding hydrogens is 342 g/mol. The van der Waals surface area contributed by atoms with E-state index in [1.54, 1.807) is 12.2 Å². The zero-order valence-corrected chi connectivity index (χ0v) is 15.1. The van der Waals surface area contributed by atoms with Gasteiger partial charge in [-0.05, 0) is 17.7 Å². The molecule has 1 aromatic rings. The van der Waals surface area contributed by atoms with Gasteiger partial charge in [-0.2, -0.15) is 0 Å². The molecule has 0 spiro atoms. The number of carbonyl (C=O) groups excluding carboxylic acids is 3. The number of ether oxygens (including phenoxy) is 3. The summed E-state index contributed by atoms with van der Waals surface area (Å²) < 4.78 is 15.3. The first kappa shape index (κ1) is 19.7. The van der Waals surface area contributed by atoms with Crippen molar-refractivity contribution in [1.82, 2.24) is 5.06 Å². The maximum Gasteiger partial charge on any atom is 0.326 e. The highest BCUT2D eigenvalue weighted by atomic mass is 16.7. The fraction of sp³-hybridized carbons (Fsp3) is 0.500. The van der Waals surface area contributed by atoms with Gasteiger partial charge in [-0.3, -0.25) is 14.4 Å². The Morgan fingerprint density at radius 2 is 1.92 bits per heavy atom. The molecule has 8 nitrogen and oxygen atoms in total. The van der Waals surface area contributed by atoms with Gasteiger partial charge in [-0.25, -0.2) is 0 Å². The van der Waals surface area contributed by atoms with Gasteiger partial charge in [0.25, 0.3) is 0 Å². The molecule has 2 rings (SSSR count). The van der Waals surface area contributed by atoms with Gasteiger partial charge in [0.15, 0.2) is 0 Å². The summed E-state index contributed by atoms with van der Waals surface area (Å²) in [5, 5.41) is 1.56. The molecular formula is C18H23NO7. The van der Waals surface area contributed by atoms with E-state index in [1.807, 2.05) is 24.3 Å². The standard InChI is InChI=1S/C18H23NO7/c1-12(20)24-11-17(25-13(2)21)8-15-9-18(22)26-19(15)10-14-4-6-16(23-3)7-5-14/h4-7,15,17H,8-11H2,1-3H3/t15-,17+/m1/s1. The summed E-state index contributed by atoms with van der Waals surface area (Å²) in [5.41, 5.74) is 0.939. The zero-order chi connectivity index (χ0) is 19.1. The molecule has 0 saturated carbocycles. The van der Waals surface area contributed by atoms with Crippen LogP contribution in [-0.4, -0.2) is 48.8 Å². The number of hydrogen-bond acceptors (Lipinski definition) is 8. The smallest absolute Gasteiger partial charge is 0.326 e. The Morgan fingerprint density at radius 3 is 2.50 bits per heavy atom. The van der Waals surface area contributed by atoms with Crippen molar-refractivity contribution in [3.8, 4) is 5.75 Å². The highest BCUT2D eigenvalue weighted by Gasteiger charge is 2.35. The molecule has 1 heterocycles. The van der Waals surface area contributed by atoms with Crippen LogP contribution in [0.3, 0.4) is 0 Å². The second-order valence-electron chi connectivity index (χ2n) is 6.01. The average Bonchev–Trinajstić information content (AvgIpc) is 2.92. The highest BCUT2D eigenvalue weighted by molar-refractivity contribution is 5.71. The molecule has 1 aliphatic rings. The van der Waals surface area contributed by atoms with Crippen molar-refractivity contribution in [2.75, 3.05) is 13.7 Å². The van der Waals surface area contributed by atoms with Crippen LogP contribution in [0.15, 0.2) is 24.3 Å². The number of carbonyl (C=O) groups is 3. The van der Waals surface area contributed by atoms with Crippen LogP contribution in [0.5, 0.6) is 5.75 Å². The van der Waals surface area contributed by atoms with Gasteiger partial charge in [0.1, 0.15) is 18.5 Å². The van der Waals surface area contributed by atoms with Crippen molar-refractivity contribution in [2.45, 2.75) is 45.4 Å². The van der Waals surface area contributed by atoms with Crippen LogP contribution in [0.2, 0.25) is 0 Å². The first-order valence-corrected chi connectivity index (χ1v) is 8.28. The molecule has 8 heteroatoms. The minimum absolute atomic E-state index is 0.0595. The van der Waals surface area contributed by atoms with Gasteiger partial charge in [0.05, 0.1) is 26.1 Å². The number of esters is 2. The van der Waals surface area contributed by atoms with Gasteiger partial charge < -0.3 is 19.0 Å². The largest absolute Gasteiger partial charge is 0.497 e. The Bertz CT molecular complexity index is 643. The fourth-order valence-electron chi connectivity index (χ4n) is 2.71. The average molecular weight is 365 g/mol. The molecule has 1 fully saturated rings. The maximum atomic E-state index is 11.7. The van der Waals surface area contributed by atoms with E-state index in [4.69, 9.17) is 19.0 Å². The fourth-order valence-corrected chi connectivity index (χ4v) is 2.71. The number of benzene rings is 1. The molecule has 0 radical (unpaired) electrons. The molecule has 0 aliphatic carbocycles. The first-order valence-electron chi connectivity index (χ1n) is 8.28. The summed E-state index contributed by atoms with van der Waals surface area (Å²) in [6.45, 7) is 2.89. The molecule has 1 aromatic carbocycles. The van der Waals surface area contributed by atoms with Gasteiger partial charge in [-0.15, -0.1) is 5.06 Å². The monoisotopic (exact) mass is 365 g/mol. The lowest BCUT2D eigenvalue weighted by Crippen LogP contribution is -2.35. The van der Waals surface area contributed by atoms with E-state index in [-0.39, 0.29) is 25.0 Å². The van der Waals surface area contributed by atoms with Crippen molar-refractivity contribution in [3.05, 3.63) is 29.8 Å². The molecule has 0 bridgehead atoms. The summed E-state index contributed by atoms with van der Waals surface area (Å²) in [4.78, 5) is 39.3. The molecule has 2 atom stereocenters. The van der Waals surface area contributed by atoms with Gasteiger partial charge in [0, 0.05) is 20.3 Å². The third kappa shape index (κ3) is 6.03. The lowest BCUT2D eigenvalue weighted by atomic mass is 10.1. The maximum absolute atomic E-state index is 11.7. The van der Waals surface area contributed by atoms with Crippen LogP contribution in [0.4, 0.5) is 0 Å².